The van der Waals surface area contributed by atoms with Gasteiger partial charge in [-0.15, -0.1) is 23.2 Å². The van der Waals surface area contributed by atoms with Gasteiger partial charge in [0, 0.05) is 11.8 Å². The summed E-state index contributed by atoms with van der Waals surface area (Å²) in [6.45, 7) is 1.94. The normalized spacial score (nSPS) is 11.1. The van der Waals surface area contributed by atoms with Gasteiger partial charge in [-0.05, 0) is 18.6 Å². The highest BCUT2D eigenvalue weighted by atomic mass is 35.5. The second kappa shape index (κ2) is 6.86. The molecule has 0 fully saturated rings. The second-order valence-electron chi connectivity index (χ2n) is 4.06. The Morgan fingerprint density at radius 1 is 1.33 bits per heavy atom. The predicted octanol–water partition coefficient (Wildman–Crippen LogP) is 3.05. The van der Waals surface area contributed by atoms with E-state index in [9.17, 15) is 4.79 Å². The summed E-state index contributed by atoms with van der Waals surface area (Å²) in [6.07, 6.45) is 0.668. The molecule has 0 aliphatic heterocycles. The first-order valence-electron chi connectivity index (χ1n) is 5.70. The number of methoxy groups -OCH3 is 1. The van der Waals surface area contributed by atoms with E-state index in [4.69, 9.17) is 27.9 Å². The van der Waals surface area contributed by atoms with E-state index in [2.05, 4.69) is 5.32 Å². The number of para-hydroxylation sites is 1. The fourth-order valence-electron chi connectivity index (χ4n) is 1.52. The quantitative estimate of drug-likeness (QED) is 0.818. The maximum Gasteiger partial charge on any atom is 0.255 e. The lowest BCUT2D eigenvalue weighted by Crippen LogP contribution is -2.51. The van der Waals surface area contributed by atoms with Gasteiger partial charge in [-0.2, -0.15) is 0 Å². The van der Waals surface area contributed by atoms with E-state index in [0.717, 1.165) is 0 Å². The van der Waals surface area contributed by atoms with Gasteiger partial charge in [-0.25, -0.2) is 0 Å². The molecule has 0 aliphatic rings. The molecule has 3 nitrogen and oxygen atoms in total. The van der Waals surface area contributed by atoms with Gasteiger partial charge in [0.25, 0.3) is 5.91 Å². The number of rotatable bonds is 6. The van der Waals surface area contributed by atoms with Gasteiger partial charge < -0.3 is 10.1 Å². The number of nitrogens with one attached hydrogen (secondary N) is 1. The summed E-state index contributed by atoms with van der Waals surface area (Å²) in [4.78, 5) is 12.2. The largest absolute Gasteiger partial charge is 0.496 e. The number of alkyl halides is 2. The molecule has 1 N–H and O–H groups in total. The summed E-state index contributed by atoms with van der Waals surface area (Å²) < 4.78 is 5.16. The highest BCUT2D eigenvalue weighted by Crippen LogP contribution is 2.20. The first kappa shape index (κ1) is 15.1. The van der Waals surface area contributed by atoms with Crippen molar-refractivity contribution in [3.63, 3.8) is 0 Å². The molecule has 0 aromatic heterocycles. The predicted molar refractivity (Wildman–Crippen MR) is 74.9 cm³/mol. The Bertz CT molecular complexity index is 397. The lowest BCUT2D eigenvalue weighted by molar-refractivity contribution is 0.0910. The Labute approximate surface area is 117 Å². The van der Waals surface area contributed by atoms with Crippen molar-refractivity contribution in [3.05, 3.63) is 29.8 Å². The molecule has 0 bridgehead atoms. The molecule has 1 rings (SSSR count). The van der Waals surface area contributed by atoms with Gasteiger partial charge in [0.05, 0.1) is 18.2 Å². The van der Waals surface area contributed by atoms with Crippen molar-refractivity contribution in [2.45, 2.75) is 18.9 Å². The van der Waals surface area contributed by atoms with Crippen LogP contribution in [-0.2, 0) is 0 Å². The second-order valence-corrected chi connectivity index (χ2v) is 4.59. The van der Waals surface area contributed by atoms with Crippen LogP contribution in [-0.4, -0.2) is 30.3 Å². The Kier molecular flexibility index (Phi) is 5.76. The molecule has 100 valence electrons. The first-order valence-corrected chi connectivity index (χ1v) is 6.77. The third-order valence-corrected chi connectivity index (χ3v) is 3.94. The Balaban J connectivity index is 2.94. The zero-order valence-electron chi connectivity index (χ0n) is 10.5. The van der Waals surface area contributed by atoms with Crippen LogP contribution in [0.4, 0.5) is 0 Å². The van der Waals surface area contributed by atoms with Crippen molar-refractivity contribution in [2.24, 2.45) is 0 Å². The van der Waals surface area contributed by atoms with E-state index in [1.54, 1.807) is 18.2 Å². The molecule has 0 atom stereocenters. The number of carbonyl (C=O) groups excluding carboxylic acids is 1. The number of hydrogen-bond acceptors (Lipinski definition) is 2. The average Bonchev–Trinajstić information content (AvgIpc) is 2.44. The molecule has 1 aromatic carbocycles. The number of halogens is 2. The summed E-state index contributed by atoms with van der Waals surface area (Å²) in [5.41, 5.74) is -0.103. The van der Waals surface area contributed by atoms with Gasteiger partial charge in [0.2, 0.25) is 0 Å². The lowest BCUT2D eigenvalue weighted by atomic mass is 10.0. The number of benzene rings is 1. The minimum atomic E-state index is -0.582. The SMILES string of the molecule is CCC(CCl)(CCl)NC(=O)c1ccccc1OC. The monoisotopic (exact) mass is 289 g/mol. The highest BCUT2D eigenvalue weighted by Gasteiger charge is 2.29. The topological polar surface area (TPSA) is 38.3 Å². The number of amides is 1. The van der Waals surface area contributed by atoms with Crippen LogP contribution in [0.1, 0.15) is 23.7 Å². The maximum absolute atomic E-state index is 12.2. The zero-order chi connectivity index (χ0) is 13.6. The number of carbonyl (C=O) groups is 1. The van der Waals surface area contributed by atoms with Crippen LogP contribution in [0.15, 0.2) is 24.3 Å². The molecular weight excluding hydrogens is 273 g/mol. The number of hydrogen-bond donors (Lipinski definition) is 1. The van der Waals surface area contributed by atoms with E-state index < -0.39 is 5.54 Å². The van der Waals surface area contributed by atoms with Gasteiger partial charge in [0.15, 0.2) is 0 Å². The summed E-state index contributed by atoms with van der Waals surface area (Å²) in [6, 6.07) is 7.04. The van der Waals surface area contributed by atoms with Gasteiger partial charge >= 0.3 is 0 Å². The molecule has 18 heavy (non-hydrogen) atoms. The maximum atomic E-state index is 12.2. The molecule has 0 radical (unpaired) electrons. The van der Waals surface area contributed by atoms with Gasteiger partial charge in [-0.1, -0.05) is 19.1 Å². The summed E-state index contributed by atoms with van der Waals surface area (Å²) in [5.74, 6) is 0.849. The van der Waals surface area contributed by atoms with Crippen molar-refractivity contribution in [2.75, 3.05) is 18.9 Å². The minimum Gasteiger partial charge on any atom is -0.496 e. The van der Waals surface area contributed by atoms with Crippen LogP contribution in [0.25, 0.3) is 0 Å². The first-order chi connectivity index (χ1) is 8.62. The van der Waals surface area contributed by atoms with E-state index >= 15 is 0 Å². The molecule has 0 saturated heterocycles. The smallest absolute Gasteiger partial charge is 0.255 e. The molecule has 0 aliphatic carbocycles. The van der Waals surface area contributed by atoms with Crippen molar-refractivity contribution < 1.29 is 9.53 Å². The Hall–Kier alpha value is -0.930. The average molecular weight is 290 g/mol. The van der Waals surface area contributed by atoms with Crippen LogP contribution in [0.5, 0.6) is 5.75 Å². The third kappa shape index (κ3) is 3.30. The molecule has 5 heteroatoms. The molecule has 0 saturated carbocycles. The van der Waals surface area contributed by atoms with Crippen molar-refractivity contribution in [1.29, 1.82) is 0 Å². The van der Waals surface area contributed by atoms with E-state index in [-0.39, 0.29) is 17.7 Å². The van der Waals surface area contributed by atoms with Crippen molar-refractivity contribution in [1.82, 2.24) is 5.32 Å². The van der Waals surface area contributed by atoms with E-state index in [0.29, 0.717) is 17.7 Å². The fraction of sp³-hybridized carbons (Fsp3) is 0.462. The standard InChI is InChI=1S/C13H17Cl2NO2/c1-3-13(8-14,9-15)16-12(17)10-6-4-5-7-11(10)18-2/h4-7H,3,8-9H2,1-2H3,(H,16,17). The highest BCUT2D eigenvalue weighted by molar-refractivity contribution is 6.22. The van der Waals surface area contributed by atoms with E-state index in [1.807, 2.05) is 13.0 Å². The van der Waals surface area contributed by atoms with Crippen molar-refractivity contribution in [3.8, 4) is 5.75 Å². The Morgan fingerprint density at radius 2 is 1.94 bits per heavy atom. The van der Waals surface area contributed by atoms with E-state index in [1.165, 1.54) is 7.11 Å². The molecule has 1 aromatic rings. The molecule has 0 spiro atoms. The van der Waals surface area contributed by atoms with Gasteiger partial charge in [0.1, 0.15) is 5.75 Å². The molecule has 0 unspecified atom stereocenters. The number of ether oxygens (including phenoxy) is 1. The minimum absolute atomic E-state index is 0.226. The fourth-order valence-corrected chi connectivity index (χ4v) is 2.32. The lowest BCUT2D eigenvalue weighted by Gasteiger charge is -2.29. The van der Waals surface area contributed by atoms with Crippen LogP contribution in [0.2, 0.25) is 0 Å². The summed E-state index contributed by atoms with van der Waals surface area (Å²) >= 11 is 11.8. The molecule has 0 heterocycles. The van der Waals surface area contributed by atoms with Crippen LogP contribution in [0.3, 0.4) is 0 Å². The zero-order valence-corrected chi connectivity index (χ0v) is 12.0. The Morgan fingerprint density at radius 3 is 2.44 bits per heavy atom. The molecular formula is C13H17Cl2NO2. The van der Waals surface area contributed by atoms with Crippen molar-refractivity contribution >= 4 is 29.1 Å². The van der Waals surface area contributed by atoms with Gasteiger partial charge in [-0.3, -0.25) is 4.79 Å². The summed E-state index contributed by atoms with van der Waals surface area (Å²) in [7, 11) is 1.53. The summed E-state index contributed by atoms with van der Waals surface area (Å²) in [5, 5.41) is 2.89. The van der Waals surface area contributed by atoms with Crippen LogP contribution in [0, 0.1) is 0 Å². The van der Waals surface area contributed by atoms with Crippen LogP contribution >= 0.6 is 23.2 Å². The van der Waals surface area contributed by atoms with Crippen LogP contribution < -0.4 is 10.1 Å². The third-order valence-electron chi connectivity index (χ3n) is 2.92. The molecule has 1 amide bonds.